The van der Waals surface area contributed by atoms with Crippen LogP contribution < -0.4 is 0 Å². The number of rotatable bonds is 5. The molecule has 1 aliphatic rings. The molecule has 0 radical (unpaired) electrons. The molecule has 31 heavy (non-hydrogen) atoms. The Hall–Kier alpha value is -3.31. The molecule has 2 aromatic carbocycles. The second-order valence-corrected chi connectivity index (χ2v) is 8.23. The second-order valence-electron chi connectivity index (χ2n) is 8.23. The summed E-state index contributed by atoms with van der Waals surface area (Å²) in [4.78, 5) is 24.1. The molecule has 1 atom stereocenters. The Labute approximate surface area is 181 Å². The number of carbonyl (C=O) groups is 1. The van der Waals surface area contributed by atoms with Crippen LogP contribution in [0.2, 0.25) is 0 Å². The molecule has 1 unspecified atom stereocenters. The number of fused-ring (bicyclic) bond motifs is 1. The molecule has 0 saturated carbocycles. The van der Waals surface area contributed by atoms with Gasteiger partial charge in [0.05, 0.1) is 5.69 Å². The number of oxazole rings is 1. The predicted molar refractivity (Wildman–Crippen MR) is 121 cm³/mol. The fourth-order valence-electron chi connectivity index (χ4n) is 4.47. The lowest BCUT2D eigenvalue weighted by Crippen LogP contribution is -2.38. The van der Waals surface area contributed by atoms with E-state index in [0.717, 1.165) is 48.3 Å². The van der Waals surface area contributed by atoms with Gasteiger partial charge in [0.25, 0.3) is 0 Å². The number of pyridine rings is 1. The zero-order chi connectivity index (χ0) is 21.2. The van der Waals surface area contributed by atoms with Gasteiger partial charge in [0.15, 0.2) is 5.78 Å². The van der Waals surface area contributed by atoms with Gasteiger partial charge in [0.2, 0.25) is 5.89 Å². The Bertz CT molecular complexity index is 1210. The lowest BCUT2D eigenvalue weighted by atomic mass is 9.90. The monoisotopic (exact) mass is 411 g/mol. The van der Waals surface area contributed by atoms with Crippen molar-refractivity contribution in [1.82, 2.24) is 14.9 Å². The van der Waals surface area contributed by atoms with Gasteiger partial charge in [0, 0.05) is 42.5 Å². The van der Waals surface area contributed by atoms with Crippen LogP contribution in [0, 0.1) is 12.8 Å². The van der Waals surface area contributed by atoms with Crippen molar-refractivity contribution in [3.63, 3.8) is 0 Å². The van der Waals surface area contributed by atoms with Gasteiger partial charge in [-0.15, -0.1) is 0 Å². The van der Waals surface area contributed by atoms with Crippen molar-refractivity contribution in [3.8, 4) is 11.5 Å². The van der Waals surface area contributed by atoms with Gasteiger partial charge in [-0.05, 0) is 55.3 Å². The third-order valence-corrected chi connectivity index (χ3v) is 6.11. The molecule has 2 aromatic heterocycles. The Kier molecular flexibility index (Phi) is 5.35. The third-order valence-electron chi connectivity index (χ3n) is 6.11. The normalized spacial score (nSPS) is 17.1. The number of aromatic nitrogens is 2. The van der Waals surface area contributed by atoms with Crippen LogP contribution in [0.4, 0.5) is 0 Å². The van der Waals surface area contributed by atoms with E-state index in [1.54, 1.807) is 12.4 Å². The summed E-state index contributed by atoms with van der Waals surface area (Å²) in [7, 11) is 0. The molecule has 156 valence electrons. The minimum Gasteiger partial charge on any atom is -0.441 e. The average molecular weight is 412 g/mol. The van der Waals surface area contributed by atoms with E-state index in [1.807, 2.05) is 37.3 Å². The van der Waals surface area contributed by atoms with E-state index in [1.165, 1.54) is 5.39 Å². The zero-order valence-corrected chi connectivity index (χ0v) is 17.6. The molecule has 0 amide bonds. The lowest BCUT2D eigenvalue weighted by molar-refractivity contribution is 0.0809. The van der Waals surface area contributed by atoms with Gasteiger partial charge in [-0.2, -0.15) is 0 Å². The van der Waals surface area contributed by atoms with Crippen LogP contribution in [-0.4, -0.2) is 33.7 Å². The molecule has 5 nitrogen and oxygen atoms in total. The summed E-state index contributed by atoms with van der Waals surface area (Å²) in [6, 6.07) is 18.1. The number of hydrogen-bond acceptors (Lipinski definition) is 5. The number of carbonyl (C=O) groups excluding carboxylic acids is 1. The number of benzene rings is 2. The average Bonchev–Trinajstić information content (AvgIpc) is 3.18. The Balaban J connectivity index is 1.35. The minimum absolute atomic E-state index is 0.00249. The van der Waals surface area contributed by atoms with Crippen molar-refractivity contribution in [2.75, 3.05) is 13.1 Å². The maximum atomic E-state index is 12.9. The van der Waals surface area contributed by atoms with Gasteiger partial charge in [-0.25, -0.2) is 4.98 Å². The summed E-state index contributed by atoms with van der Waals surface area (Å²) in [6.07, 6.45) is 5.29. The first-order valence-electron chi connectivity index (χ1n) is 10.8. The molecule has 0 N–H and O–H groups in total. The predicted octanol–water partition coefficient (Wildman–Crippen LogP) is 5.29. The van der Waals surface area contributed by atoms with Crippen molar-refractivity contribution in [2.24, 2.45) is 5.92 Å². The molecule has 3 heterocycles. The number of piperidine rings is 1. The molecular formula is C26H25N3O2. The van der Waals surface area contributed by atoms with E-state index in [2.05, 4.69) is 34.1 Å². The summed E-state index contributed by atoms with van der Waals surface area (Å²) in [5, 5.41) is 2.31. The highest BCUT2D eigenvalue weighted by molar-refractivity contribution is 5.97. The topological polar surface area (TPSA) is 59.2 Å². The minimum atomic E-state index is 0.00249. The number of ketones is 1. The second kappa shape index (κ2) is 8.44. The first-order valence-corrected chi connectivity index (χ1v) is 10.8. The molecule has 5 rings (SSSR count). The fraction of sp³-hybridized carbons (Fsp3) is 0.269. The van der Waals surface area contributed by atoms with Crippen molar-refractivity contribution >= 4 is 16.6 Å². The zero-order valence-electron chi connectivity index (χ0n) is 17.6. The molecule has 0 aliphatic carbocycles. The van der Waals surface area contributed by atoms with Gasteiger partial charge in [0.1, 0.15) is 5.76 Å². The Morgan fingerprint density at radius 2 is 2.00 bits per heavy atom. The van der Waals surface area contributed by atoms with Gasteiger partial charge in [-0.1, -0.05) is 36.4 Å². The smallest absolute Gasteiger partial charge is 0.227 e. The lowest BCUT2D eigenvalue weighted by Gasteiger charge is -2.31. The summed E-state index contributed by atoms with van der Waals surface area (Å²) in [5.41, 5.74) is 2.65. The van der Waals surface area contributed by atoms with Gasteiger partial charge < -0.3 is 4.42 Å². The van der Waals surface area contributed by atoms with Crippen molar-refractivity contribution in [1.29, 1.82) is 0 Å². The summed E-state index contributed by atoms with van der Waals surface area (Å²) in [6.45, 7) is 4.37. The van der Waals surface area contributed by atoms with Crippen LogP contribution in [0.5, 0.6) is 0 Å². The largest absolute Gasteiger partial charge is 0.441 e. The highest BCUT2D eigenvalue weighted by Gasteiger charge is 2.28. The van der Waals surface area contributed by atoms with Crippen molar-refractivity contribution < 1.29 is 9.21 Å². The van der Waals surface area contributed by atoms with E-state index >= 15 is 0 Å². The van der Waals surface area contributed by atoms with E-state index < -0.39 is 0 Å². The molecule has 1 fully saturated rings. The quantitative estimate of drug-likeness (QED) is 0.418. The number of hydrogen-bond donors (Lipinski definition) is 0. The maximum Gasteiger partial charge on any atom is 0.227 e. The number of nitrogens with zero attached hydrogens (tertiary/aromatic N) is 3. The highest BCUT2D eigenvalue weighted by atomic mass is 16.4. The van der Waals surface area contributed by atoms with Crippen LogP contribution in [0.25, 0.3) is 22.2 Å². The molecule has 1 saturated heterocycles. The highest BCUT2D eigenvalue weighted by Crippen LogP contribution is 2.30. The Morgan fingerprint density at radius 1 is 1.13 bits per heavy atom. The summed E-state index contributed by atoms with van der Waals surface area (Å²) < 4.78 is 6.08. The van der Waals surface area contributed by atoms with E-state index in [-0.39, 0.29) is 11.7 Å². The molecule has 1 aliphatic heterocycles. The number of likely N-dealkylation sites (tertiary alicyclic amines) is 1. The first kappa shape index (κ1) is 19.6. The van der Waals surface area contributed by atoms with Crippen molar-refractivity contribution in [3.05, 3.63) is 84.0 Å². The number of aryl methyl sites for hydroxylation is 1. The third kappa shape index (κ3) is 4.01. The van der Waals surface area contributed by atoms with Crippen LogP contribution in [0.3, 0.4) is 0 Å². The van der Waals surface area contributed by atoms with E-state index in [0.29, 0.717) is 18.0 Å². The van der Waals surface area contributed by atoms with Gasteiger partial charge in [-0.3, -0.25) is 14.7 Å². The molecule has 5 heteroatoms. The van der Waals surface area contributed by atoms with Crippen molar-refractivity contribution in [2.45, 2.75) is 26.3 Å². The summed E-state index contributed by atoms with van der Waals surface area (Å²) >= 11 is 0. The molecule has 4 aromatic rings. The van der Waals surface area contributed by atoms with Crippen LogP contribution in [0.1, 0.15) is 34.7 Å². The van der Waals surface area contributed by atoms with Crippen LogP contribution in [0.15, 0.2) is 71.4 Å². The van der Waals surface area contributed by atoms with E-state index in [9.17, 15) is 4.79 Å². The maximum absolute atomic E-state index is 12.9. The SMILES string of the molecule is Cc1oc(-c2cccc3ccccc23)nc1CN1CCCC(C(=O)c2cccnc2)C1. The standard InChI is InChI=1S/C26H25N3O2/c1-18-24(28-26(31-18)23-12-4-8-19-7-2-3-11-22(19)23)17-29-14-6-10-21(16-29)25(30)20-9-5-13-27-15-20/h2-5,7-9,11-13,15,21H,6,10,14,16-17H2,1H3. The number of Topliss-reactive ketones (excluding diaryl/α,β-unsaturated/α-hetero) is 1. The van der Waals surface area contributed by atoms with Crippen LogP contribution in [-0.2, 0) is 6.54 Å². The van der Waals surface area contributed by atoms with Gasteiger partial charge >= 0.3 is 0 Å². The summed E-state index contributed by atoms with van der Waals surface area (Å²) in [5.74, 6) is 1.68. The van der Waals surface area contributed by atoms with E-state index in [4.69, 9.17) is 9.40 Å². The Morgan fingerprint density at radius 3 is 2.87 bits per heavy atom. The molecule has 0 spiro atoms. The van der Waals surface area contributed by atoms with Crippen LogP contribution >= 0.6 is 0 Å². The molecular weight excluding hydrogens is 386 g/mol. The molecule has 0 bridgehead atoms. The first-order chi connectivity index (χ1) is 15.2. The fourth-order valence-corrected chi connectivity index (χ4v) is 4.47.